The highest BCUT2D eigenvalue weighted by atomic mass is 16.3. The Morgan fingerprint density at radius 3 is 2.86 bits per heavy atom. The SMILES string of the molecule is Oc1cccc2c1CCC2Nc1cccc2cccnc12. The lowest BCUT2D eigenvalue weighted by atomic mass is 10.1. The molecule has 0 spiro atoms. The van der Waals surface area contributed by atoms with Crippen LogP contribution in [-0.4, -0.2) is 10.1 Å². The highest BCUT2D eigenvalue weighted by molar-refractivity contribution is 5.90. The molecule has 4 rings (SSSR count). The molecular formula is C18H16N2O. The predicted octanol–water partition coefficient (Wildman–Crippen LogP) is 4.04. The fraction of sp³-hybridized carbons (Fsp3) is 0.167. The third-order valence-corrected chi connectivity index (χ3v) is 4.21. The number of fused-ring (bicyclic) bond motifs is 2. The van der Waals surface area contributed by atoms with Crippen LogP contribution in [-0.2, 0) is 6.42 Å². The number of benzene rings is 2. The number of phenolic OH excluding ortho intramolecular Hbond substituents is 1. The molecular weight excluding hydrogens is 260 g/mol. The summed E-state index contributed by atoms with van der Waals surface area (Å²) in [5.74, 6) is 0.410. The summed E-state index contributed by atoms with van der Waals surface area (Å²) < 4.78 is 0. The Balaban J connectivity index is 1.73. The van der Waals surface area contributed by atoms with Crippen molar-refractivity contribution in [2.24, 2.45) is 0 Å². The summed E-state index contributed by atoms with van der Waals surface area (Å²) >= 11 is 0. The number of hydrogen-bond acceptors (Lipinski definition) is 3. The van der Waals surface area contributed by atoms with E-state index in [1.165, 1.54) is 5.56 Å². The van der Waals surface area contributed by atoms with Crippen molar-refractivity contribution in [1.29, 1.82) is 0 Å². The number of aromatic nitrogens is 1. The average Bonchev–Trinajstić information content (AvgIpc) is 2.92. The van der Waals surface area contributed by atoms with Crippen LogP contribution in [0, 0.1) is 0 Å². The van der Waals surface area contributed by atoms with Gasteiger partial charge in [-0.05, 0) is 42.2 Å². The van der Waals surface area contributed by atoms with E-state index in [9.17, 15) is 5.11 Å². The third kappa shape index (κ3) is 2.02. The van der Waals surface area contributed by atoms with Gasteiger partial charge in [-0.3, -0.25) is 4.98 Å². The van der Waals surface area contributed by atoms with Crippen molar-refractivity contribution < 1.29 is 5.11 Å². The van der Waals surface area contributed by atoms with Gasteiger partial charge in [0.05, 0.1) is 17.2 Å². The summed E-state index contributed by atoms with van der Waals surface area (Å²) in [6, 6.07) is 16.2. The van der Waals surface area contributed by atoms with Crippen molar-refractivity contribution in [1.82, 2.24) is 4.98 Å². The van der Waals surface area contributed by atoms with Crippen LogP contribution in [0.15, 0.2) is 54.7 Å². The Kier molecular flexibility index (Phi) is 2.78. The van der Waals surface area contributed by atoms with Crippen molar-refractivity contribution in [3.63, 3.8) is 0 Å². The molecule has 1 aliphatic rings. The van der Waals surface area contributed by atoms with Gasteiger partial charge in [0, 0.05) is 11.6 Å². The third-order valence-electron chi connectivity index (χ3n) is 4.21. The molecule has 3 nitrogen and oxygen atoms in total. The zero-order valence-electron chi connectivity index (χ0n) is 11.6. The molecule has 0 bridgehead atoms. The van der Waals surface area contributed by atoms with E-state index in [0.29, 0.717) is 5.75 Å². The number of para-hydroxylation sites is 1. The molecule has 2 N–H and O–H groups in total. The Morgan fingerprint density at radius 2 is 1.90 bits per heavy atom. The first-order valence-electron chi connectivity index (χ1n) is 7.24. The minimum absolute atomic E-state index is 0.236. The van der Waals surface area contributed by atoms with Crippen molar-refractivity contribution in [2.45, 2.75) is 18.9 Å². The molecule has 0 fully saturated rings. The van der Waals surface area contributed by atoms with Crippen LogP contribution in [0.5, 0.6) is 5.75 Å². The Labute approximate surface area is 123 Å². The molecule has 0 amide bonds. The number of pyridine rings is 1. The fourth-order valence-corrected chi connectivity index (χ4v) is 3.19. The first kappa shape index (κ1) is 12.2. The van der Waals surface area contributed by atoms with Crippen molar-refractivity contribution in [3.05, 3.63) is 65.9 Å². The van der Waals surface area contributed by atoms with Gasteiger partial charge in [0.2, 0.25) is 0 Å². The Bertz CT molecular complexity index is 808. The van der Waals surface area contributed by atoms with Crippen molar-refractivity contribution in [2.75, 3.05) is 5.32 Å². The molecule has 0 saturated carbocycles. The lowest BCUT2D eigenvalue weighted by Crippen LogP contribution is -2.07. The van der Waals surface area contributed by atoms with E-state index < -0.39 is 0 Å². The second kappa shape index (κ2) is 4.77. The molecule has 1 aliphatic carbocycles. The molecule has 3 heteroatoms. The number of nitrogens with zero attached hydrogens (tertiary/aromatic N) is 1. The van der Waals surface area contributed by atoms with Crippen LogP contribution < -0.4 is 5.32 Å². The molecule has 1 heterocycles. The molecule has 2 aromatic carbocycles. The van der Waals surface area contributed by atoms with E-state index in [2.05, 4.69) is 34.6 Å². The standard InChI is InChI=1S/C18H16N2O/c21-17-8-2-6-13-14(17)9-10-15(13)20-16-7-1-4-12-5-3-11-19-18(12)16/h1-8,11,15,20-21H,9-10H2. The molecule has 0 saturated heterocycles. The average molecular weight is 276 g/mol. The number of phenols is 1. The first-order valence-corrected chi connectivity index (χ1v) is 7.24. The highest BCUT2D eigenvalue weighted by Gasteiger charge is 2.24. The number of rotatable bonds is 2. The normalized spacial score (nSPS) is 16.9. The molecule has 3 aromatic rings. The monoisotopic (exact) mass is 276 g/mol. The van der Waals surface area contributed by atoms with Gasteiger partial charge in [-0.2, -0.15) is 0 Å². The predicted molar refractivity (Wildman–Crippen MR) is 84.5 cm³/mol. The van der Waals surface area contributed by atoms with E-state index in [0.717, 1.165) is 35.0 Å². The molecule has 1 aromatic heterocycles. The van der Waals surface area contributed by atoms with E-state index in [1.807, 2.05) is 24.4 Å². The molecule has 21 heavy (non-hydrogen) atoms. The summed E-state index contributed by atoms with van der Waals surface area (Å²) in [5, 5.41) is 14.7. The fourth-order valence-electron chi connectivity index (χ4n) is 3.19. The maximum absolute atomic E-state index is 9.95. The van der Waals surface area contributed by atoms with Gasteiger partial charge in [0.15, 0.2) is 0 Å². The lowest BCUT2D eigenvalue weighted by molar-refractivity contribution is 0.469. The number of nitrogens with one attached hydrogen (secondary N) is 1. The van der Waals surface area contributed by atoms with Crippen LogP contribution in [0.2, 0.25) is 0 Å². The summed E-state index contributed by atoms with van der Waals surface area (Å²) in [6.07, 6.45) is 3.73. The number of hydrogen-bond donors (Lipinski definition) is 2. The van der Waals surface area contributed by atoms with Gasteiger partial charge in [-0.25, -0.2) is 0 Å². The zero-order chi connectivity index (χ0) is 14.2. The minimum Gasteiger partial charge on any atom is -0.508 e. The van der Waals surface area contributed by atoms with Gasteiger partial charge < -0.3 is 10.4 Å². The minimum atomic E-state index is 0.236. The topological polar surface area (TPSA) is 45.1 Å². The van der Waals surface area contributed by atoms with Crippen LogP contribution in [0.1, 0.15) is 23.6 Å². The van der Waals surface area contributed by atoms with Gasteiger partial charge >= 0.3 is 0 Å². The summed E-state index contributed by atoms with van der Waals surface area (Å²) in [4.78, 5) is 4.48. The maximum Gasteiger partial charge on any atom is 0.119 e. The number of aromatic hydroxyl groups is 1. The Morgan fingerprint density at radius 1 is 1.05 bits per heavy atom. The van der Waals surface area contributed by atoms with E-state index in [-0.39, 0.29) is 6.04 Å². The van der Waals surface area contributed by atoms with Crippen LogP contribution >= 0.6 is 0 Å². The largest absolute Gasteiger partial charge is 0.508 e. The summed E-state index contributed by atoms with van der Waals surface area (Å²) in [5.41, 5.74) is 4.31. The quantitative estimate of drug-likeness (QED) is 0.742. The van der Waals surface area contributed by atoms with Crippen molar-refractivity contribution in [3.8, 4) is 5.75 Å². The first-order chi connectivity index (χ1) is 10.3. The molecule has 0 aliphatic heterocycles. The molecule has 1 unspecified atom stereocenters. The van der Waals surface area contributed by atoms with Gasteiger partial charge in [-0.1, -0.05) is 30.3 Å². The molecule has 0 radical (unpaired) electrons. The van der Waals surface area contributed by atoms with Crippen LogP contribution in [0.4, 0.5) is 5.69 Å². The Hall–Kier alpha value is -2.55. The van der Waals surface area contributed by atoms with Gasteiger partial charge in [0.1, 0.15) is 5.75 Å². The van der Waals surface area contributed by atoms with Gasteiger partial charge in [0.25, 0.3) is 0 Å². The summed E-state index contributed by atoms with van der Waals surface area (Å²) in [7, 11) is 0. The lowest BCUT2D eigenvalue weighted by Gasteiger charge is -2.17. The summed E-state index contributed by atoms with van der Waals surface area (Å²) in [6.45, 7) is 0. The smallest absolute Gasteiger partial charge is 0.119 e. The highest BCUT2D eigenvalue weighted by Crippen LogP contribution is 2.38. The van der Waals surface area contributed by atoms with E-state index >= 15 is 0 Å². The second-order valence-corrected chi connectivity index (χ2v) is 5.46. The number of anilines is 1. The van der Waals surface area contributed by atoms with E-state index in [1.54, 1.807) is 6.07 Å². The van der Waals surface area contributed by atoms with Gasteiger partial charge in [-0.15, -0.1) is 0 Å². The van der Waals surface area contributed by atoms with Crippen LogP contribution in [0.3, 0.4) is 0 Å². The second-order valence-electron chi connectivity index (χ2n) is 5.46. The van der Waals surface area contributed by atoms with E-state index in [4.69, 9.17) is 0 Å². The molecule has 1 atom stereocenters. The van der Waals surface area contributed by atoms with Crippen molar-refractivity contribution >= 4 is 16.6 Å². The van der Waals surface area contributed by atoms with Crippen LogP contribution in [0.25, 0.3) is 10.9 Å². The maximum atomic E-state index is 9.95. The molecule has 104 valence electrons. The zero-order valence-corrected chi connectivity index (χ0v) is 11.6.